The van der Waals surface area contributed by atoms with Crippen LogP contribution in [0.15, 0.2) is 18.2 Å². The van der Waals surface area contributed by atoms with Gasteiger partial charge in [0.2, 0.25) is 0 Å². The summed E-state index contributed by atoms with van der Waals surface area (Å²) in [6.07, 6.45) is 5.04. The van der Waals surface area contributed by atoms with E-state index in [0.29, 0.717) is 23.5 Å². The zero-order valence-corrected chi connectivity index (χ0v) is 19.5. The summed E-state index contributed by atoms with van der Waals surface area (Å²) in [6.45, 7) is 13.8. The number of aryl methyl sites for hydroxylation is 1. The highest BCUT2D eigenvalue weighted by molar-refractivity contribution is 6.74. The summed E-state index contributed by atoms with van der Waals surface area (Å²) in [5.74, 6) is 2.11. The summed E-state index contributed by atoms with van der Waals surface area (Å²) < 4.78 is 6.75. The molecule has 156 valence electrons. The van der Waals surface area contributed by atoms with E-state index in [2.05, 4.69) is 46.9 Å². The zero-order chi connectivity index (χ0) is 20.5. The van der Waals surface area contributed by atoms with Crippen molar-refractivity contribution in [2.75, 3.05) is 0 Å². The highest BCUT2D eigenvalue weighted by Gasteiger charge is 2.59. The van der Waals surface area contributed by atoms with Crippen molar-refractivity contribution in [2.45, 2.75) is 96.1 Å². The summed E-state index contributed by atoms with van der Waals surface area (Å²) in [5, 5.41) is 21.4. The lowest BCUT2D eigenvalue weighted by Gasteiger charge is -2.50. The van der Waals surface area contributed by atoms with Crippen LogP contribution in [0.5, 0.6) is 5.75 Å². The molecule has 4 heteroatoms. The molecule has 1 aromatic carbocycles. The van der Waals surface area contributed by atoms with Gasteiger partial charge in [0.15, 0.2) is 8.32 Å². The van der Waals surface area contributed by atoms with Gasteiger partial charge in [-0.1, -0.05) is 33.8 Å². The Morgan fingerprint density at radius 1 is 1.18 bits per heavy atom. The zero-order valence-electron chi connectivity index (χ0n) is 18.5. The van der Waals surface area contributed by atoms with E-state index in [4.69, 9.17) is 4.43 Å². The lowest BCUT2D eigenvalue weighted by molar-refractivity contribution is -0.0477. The molecule has 0 amide bonds. The molecule has 6 atom stereocenters. The molecule has 0 aliphatic heterocycles. The largest absolute Gasteiger partial charge is 0.508 e. The standard InChI is InChI=1S/C24H38O3Si/c1-23(2,3)28(5,6)27-21-14-20-19-9-7-15-13-16(25)8-10-17(15)18(19)11-12-24(20,4)22(21)26/h8,10,13,18-22,25-26H,7,9,11-12,14H2,1-6H3/t18-,19-,20+,21-,22+,24+/m1/s1. The monoisotopic (exact) mass is 402 g/mol. The Morgan fingerprint density at radius 2 is 1.89 bits per heavy atom. The van der Waals surface area contributed by atoms with Gasteiger partial charge in [0.25, 0.3) is 0 Å². The minimum Gasteiger partial charge on any atom is -0.508 e. The molecule has 0 saturated heterocycles. The van der Waals surface area contributed by atoms with Crippen molar-refractivity contribution in [1.82, 2.24) is 0 Å². The van der Waals surface area contributed by atoms with Crippen molar-refractivity contribution < 1.29 is 14.6 Å². The Kier molecular flexibility index (Phi) is 4.80. The molecule has 3 aliphatic carbocycles. The van der Waals surface area contributed by atoms with E-state index in [9.17, 15) is 10.2 Å². The third-order valence-electron chi connectivity index (χ3n) is 8.91. The van der Waals surface area contributed by atoms with Crippen molar-refractivity contribution in [3.8, 4) is 5.75 Å². The SMILES string of the molecule is CC(C)(C)[Si](C)(C)O[C@@H]1C[C@H]2[C@@H]3CCc4cc(O)ccc4[C@H]3CC[C@]2(C)[C@H]1O. The number of phenolic OH excluding ortho intramolecular Hbond substituents is 1. The second kappa shape index (κ2) is 6.58. The van der Waals surface area contributed by atoms with Crippen LogP contribution in [0.3, 0.4) is 0 Å². The van der Waals surface area contributed by atoms with Crippen molar-refractivity contribution in [3.63, 3.8) is 0 Å². The Labute approximate surface area is 171 Å². The number of phenols is 1. The highest BCUT2D eigenvalue weighted by atomic mass is 28.4. The molecule has 1 aromatic rings. The van der Waals surface area contributed by atoms with Gasteiger partial charge in [-0.25, -0.2) is 0 Å². The van der Waals surface area contributed by atoms with Gasteiger partial charge in [-0.15, -0.1) is 0 Å². The first-order valence-electron chi connectivity index (χ1n) is 11.1. The van der Waals surface area contributed by atoms with Crippen LogP contribution in [0.2, 0.25) is 18.1 Å². The van der Waals surface area contributed by atoms with E-state index >= 15 is 0 Å². The average molecular weight is 403 g/mol. The van der Waals surface area contributed by atoms with E-state index < -0.39 is 8.32 Å². The van der Waals surface area contributed by atoms with Crippen LogP contribution in [-0.2, 0) is 10.8 Å². The molecule has 0 bridgehead atoms. The predicted molar refractivity (Wildman–Crippen MR) is 116 cm³/mol. The van der Waals surface area contributed by atoms with Gasteiger partial charge in [-0.05, 0) is 96.7 Å². The van der Waals surface area contributed by atoms with Crippen molar-refractivity contribution in [3.05, 3.63) is 29.3 Å². The Balaban J connectivity index is 1.60. The lowest BCUT2D eigenvalue weighted by Crippen LogP contribution is -2.48. The van der Waals surface area contributed by atoms with Gasteiger partial charge in [-0.2, -0.15) is 0 Å². The summed E-state index contributed by atoms with van der Waals surface area (Å²) in [6, 6.07) is 5.97. The summed E-state index contributed by atoms with van der Waals surface area (Å²) in [5.41, 5.74) is 2.75. The minimum absolute atomic E-state index is 0.0177. The minimum atomic E-state index is -1.90. The lowest BCUT2D eigenvalue weighted by atomic mass is 9.55. The van der Waals surface area contributed by atoms with Crippen LogP contribution in [0, 0.1) is 17.3 Å². The maximum atomic E-state index is 11.4. The molecule has 2 saturated carbocycles. The normalized spacial score (nSPS) is 37.9. The molecule has 0 heterocycles. The fourth-order valence-corrected chi connectivity index (χ4v) is 7.53. The van der Waals surface area contributed by atoms with Crippen LogP contribution in [0.1, 0.15) is 70.4 Å². The molecule has 4 rings (SSSR count). The van der Waals surface area contributed by atoms with Crippen LogP contribution >= 0.6 is 0 Å². The number of aromatic hydroxyl groups is 1. The summed E-state index contributed by atoms with van der Waals surface area (Å²) in [4.78, 5) is 0. The van der Waals surface area contributed by atoms with E-state index in [1.54, 1.807) is 0 Å². The molecule has 0 radical (unpaired) electrons. The molecule has 3 aliphatic rings. The maximum absolute atomic E-state index is 11.4. The molecule has 0 aromatic heterocycles. The first-order chi connectivity index (χ1) is 12.9. The van der Waals surface area contributed by atoms with Crippen molar-refractivity contribution in [1.29, 1.82) is 0 Å². The van der Waals surface area contributed by atoms with Gasteiger partial charge in [0.05, 0.1) is 12.2 Å². The Hall–Kier alpha value is -0.843. The molecular formula is C24H38O3Si. The number of benzene rings is 1. The second-order valence-electron chi connectivity index (χ2n) is 11.4. The van der Waals surface area contributed by atoms with Gasteiger partial charge in [0.1, 0.15) is 5.75 Å². The van der Waals surface area contributed by atoms with Gasteiger partial charge >= 0.3 is 0 Å². The maximum Gasteiger partial charge on any atom is 0.192 e. The number of hydrogen-bond donors (Lipinski definition) is 2. The average Bonchev–Trinajstić information content (AvgIpc) is 2.84. The molecule has 2 N–H and O–H groups in total. The predicted octanol–water partition coefficient (Wildman–Crippen LogP) is 5.61. The fraction of sp³-hybridized carbons (Fsp3) is 0.750. The van der Waals surface area contributed by atoms with E-state index in [1.807, 2.05) is 12.1 Å². The third-order valence-corrected chi connectivity index (χ3v) is 13.4. The molecule has 28 heavy (non-hydrogen) atoms. The van der Waals surface area contributed by atoms with Crippen LogP contribution in [-0.4, -0.2) is 30.7 Å². The topological polar surface area (TPSA) is 49.7 Å². The highest BCUT2D eigenvalue weighted by Crippen LogP contribution is 2.62. The second-order valence-corrected chi connectivity index (χ2v) is 16.2. The van der Waals surface area contributed by atoms with E-state index in [1.165, 1.54) is 17.5 Å². The summed E-state index contributed by atoms with van der Waals surface area (Å²) in [7, 11) is -1.90. The van der Waals surface area contributed by atoms with Gasteiger partial charge in [-0.3, -0.25) is 0 Å². The van der Waals surface area contributed by atoms with Crippen LogP contribution < -0.4 is 0 Å². The molecule has 3 nitrogen and oxygen atoms in total. The van der Waals surface area contributed by atoms with E-state index in [-0.39, 0.29) is 22.7 Å². The van der Waals surface area contributed by atoms with Gasteiger partial charge < -0.3 is 14.6 Å². The first kappa shape index (κ1) is 20.4. The number of fused-ring (bicyclic) bond motifs is 5. The quantitative estimate of drug-likeness (QED) is 0.632. The fourth-order valence-electron chi connectivity index (χ4n) is 6.20. The number of aliphatic hydroxyl groups is 1. The van der Waals surface area contributed by atoms with Gasteiger partial charge in [0, 0.05) is 0 Å². The smallest absolute Gasteiger partial charge is 0.192 e. The third kappa shape index (κ3) is 3.07. The van der Waals surface area contributed by atoms with Crippen molar-refractivity contribution in [2.24, 2.45) is 17.3 Å². The van der Waals surface area contributed by atoms with Crippen LogP contribution in [0.4, 0.5) is 0 Å². The Bertz CT molecular complexity index is 753. The summed E-state index contributed by atoms with van der Waals surface area (Å²) >= 11 is 0. The molecule has 0 unspecified atom stereocenters. The number of rotatable bonds is 2. The first-order valence-corrected chi connectivity index (χ1v) is 14.0. The number of hydrogen-bond acceptors (Lipinski definition) is 3. The molecule has 0 spiro atoms. The van der Waals surface area contributed by atoms with E-state index in [0.717, 1.165) is 25.7 Å². The molecular weight excluding hydrogens is 364 g/mol. The number of aliphatic hydroxyl groups excluding tert-OH is 1. The van der Waals surface area contributed by atoms with Crippen molar-refractivity contribution >= 4 is 8.32 Å². The van der Waals surface area contributed by atoms with Crippen LogP contribution in [0.25, 0.3) is 0 Å². The Morgan fingerprint density at radius 3 is 2.57 bits per heavy atom. The molecule has 2 fully saturated rings.